The van der Waals surface area contributed by atoms with E-state index in [1.807, 2.05) is 18.2 Å². The van der Waals surface area contributed by atoms with E-state index in [1.165, 1.54) is 18.4 Å². The number of anilines is 1. The number of nitrogens with zero attached hydrogens (tertiary/aromatic N) is 1. The fraction of sp³-hybridized carbons (Fsp3) is 0.409. The molecule has 144 valence electrons. The normalized spacial score (nSPS) is 22.8. The van der Waals surface area contributed by atoms with Crippen LogP contribution in [0.3, 0.4) is 0 Å². The van der Waals surface area contributed by atoms with Crippen molar-refractivity contribution in [2.75, 3.05) is 18.0 Å². The second-order valence-corrected chi connectivity index (χ2v) is 8.01. The molecule has 0 spiro atoms. The van der Waals surface area contributed by atoms with E-state index in [0.29, 0.717) is 17.9 Å². The lowest BCUT2D eigenvalue weighted by atomic mass is 9.88. The fourth-order valence-corrected chi connectivity index (χ4v) is 4.88. The summed E-state index contributed by atoms with van der Waals surface area (Å²) in [4.78, 5) is 38.7. The van der Waals surface area contributed by atoms with Gasteiger partial charge in [0.15, 0.2) is 0 Å². The number of hydrogen-bond donors (Lipinski definition) is 2. The highest BCUT2D eigenvalue weighted by atomic mass is 16.2. The molecule has 5 rings (SSSR count). The molecule has 2 saturated heterocycles. The third kappa shape index (κ3) is 2.71. The first-order valence-electron chi connectivity index (χ1n) is 10.1. The first-order valence-corrected chi connectivity index (χ1v) is 10.1. The average molecular weight is 377 g/mol. The van der Waals surface area contributed by atoms with Gasteiger partial charge >= 0.3 is 0 Å². The molecule has 2 aromatic rings. The van der Waals surface area contributed by atoms with Crippen molar-refractivity contribution in [3.05, 3.63) is 41.5 Å². The van der Waals surface area contributed by atoms with E-state index in [2.05, 4.69) is 22.8 Å². The summed E-state index contributed by atoms with van der Waals surface area (Å²) in [6, 6.07) is 9.32. The summed E-state index contributed by atoms with van der Waals surface area (Å²) in [7, 11) is 0. The van der Waals surface area contributed by atoms with Crippen LogP contribution in [0, 0.1) is 5.92 Å². The van der Waals surface area contributed by atoms with Crippen LogP contribution in [0.5, 0.6) is 0 Å². The summed E-state index contributed by atoms with van der Waals surface area (Å²) in [5.41, 5.74) is 2.72. The Bertz CT molecular complexity index is 994. The van der Waals surface area contributed by atoms with E-state index < -0.39 is 6.04 Å². The molecule has 2 N–H and O–H groups in total. The molecule has 3 heterocycles. The van der Waals surface area contributed by atoms with Crippen LogP contribution in [0.15, 0.2) is 30.3 Å². The molecule has 1 atom stereocenters. The molecule has 0 radical (unpaired) electrons. The number of hydrogen-bond acceptors (Lipinski definition) is 4. The summed E-state index contributed by atoms with van der Waals surface area (Å²) >= 11 is 0. The van der Waals surface area contributed by atoms with Gasteiger partial charge in [0, 0.05) is 17.4 Å². The number of piperidine rings is 2. The summed E-state index contributed by atoms with van der Waals surface area (Å²) in [5, 5.41) is 7.84. The molecule has 6 heteroatoms. The molecule has 0 saturated carbocycles. The van der Waals surface area contributed by atoms with E-state index in [9.17, 15) is 14.4 Å². The molecule has 0 bridgehead atoms. The van der Waals surface area contributed by atoms with E-state index in [-0.39, 0.29) is 24.1 Å². The van der Waals surface area contributed by atoms with Crippen molar-refractivity contribution in [1.82, 2.24) is 10.6 Å². The number of benzene rings is 2. The van der Waals surface area contributed by atoms with Crippen LogP contribution in [-0.4, -0.2) is 36.9 Å². The second-order valence-electron chi connectivity index (χ2n) is 8.01. The quantitative estimate of drug-likeness (QED) is 0.804. The minimum Gasteiger partial charge on any atom is -0.317 e. The van der Waals surface area contributed by atoms with Crippen molar-refractivity contribution >= 4 is 34.2 Å². The first-order chi connectivity index (χ1) is 13.6. The lowest BCUT2D eigenvalue weighted by Gasteiger charge is -2.30. The Morgan fingerprint density at radius 1 is 1.00 bits per heavy atom. The van der Waals surface area contributed by atoms with Crippen molar-refractivity contribution in [3.8, 4) is 0 Å². The molecule has 3 aliphatic heterocycles. The van der Waals surface area contributed by atoms with E-state index in [0.717, 1.165) is 36.0 Å². The zero-order valence-corrected chi connectivity index (χ0v) is 15.7. The van der Waals surface area contributed by atoms with Crippen LogP contribution in [0.4, 0.5) is 5.69 Å². The van der Waals surface area contributed by atoms with Crippen LogP contribution in [0.1, 0.15) is 41.6 Å². The summed E-state index contributed by atoms with van der Waals surface area (Å²) in [6.45, 7) is 2.13. The predicted octanol–water partition coefficient (Wildman–Crippen LogP) is 2.15. The van der Waals surface area contributed by atoms with Gasteiger partial charge in [0.2, 0.25) is 11.8 Å². The number of carbonyl (C=O) groups excluding carboxylic acids is 3. The minimum atomic E-state index is -0.629. The maximum absolute atomic E-state index is 13.2. The van der Waals surface area contributed by atoms with Gasteiger partial charge in [0.05, 0.1) is 5.69 Å². The highest BCUT2D eigenvalue weighted by Gasteiger charge is 2.40. The third-order valence-corrected chi connectivity index (χ3v) is 6.31. The van der Waals surface area contributed by atoms with E-state index in [4.69, 9.17) is 0 Å². The standard InChI is InChI=1S/C22H23N3O3/c26-19-7-6-18(21(27)24-19)25-17-5-4-14(12-13-8-10-23-11-9-13)15-2-1-3-16(20(15)17)22(25)28/h1-5,13,18,23H,6-12H2,(H,24,26,27). The molecule has 3 amide bonds. The van der Waals surface area contributed by atoms with Crippen LogP contribution >= 0.6 is 0 Å². The van der Waals surface area contributed by atoms with Gasteiger partial charge in [-0.05, 0) is 67.8 Å². The molecule has 0 aliphatic carbocycles. The number of nitrogens with one attached hydrogen (secondary N) is 2. The highest BCUT2D eigenvalue weighted by Crippen LogP contribution is 2.41. The predicted molar refractivity (Wildman–Crippen MR) is 106 cm³/mol. The molecular formula is C22H23N3O3. The molecule has 28 heavy (non-hydrogen) atoms. The summed E-state index contributed by atoms with van der Waals surface area (Å²) in [6.07, 6.45) is 3.97. The highest BCUT2D eigenvalue weighted by molar-refractivity contribution is 6.27. The fourth-order valence-electron chi connectivity index (χ4n) is 4.88. The SMILES string of the molecule is O=C1CCC(N2C(=O)c3cccc4c(CC5CCNCC5)ccc2c34)C(=O)N1. The minimum absolute atomic E-state index is 0.144. The number of carbonyl (C=O) groups is 3. The first kappa shape index (κ1) is 17.4. The van der Waals surface area contributed by atoms with Crippen LogP contribution < -0.4 is 15.5 Å². The molecule has 2 fully saturated rings. The number of amides is 3. The monoisotopic (exact) mass is 377 g/mol. The van der Waals surface area contributed by atoms with Gasteiger partial charge in [-0.1, -0.05) is 18.2 Å². The maximum Gasteiger partial charge on any atom is 0.259 e. The van der Waals surface area contributed by atoms with Gasteiger partial charge in [0.25, 0.3) is 5.91 Å². The van der Waals surface area contributed by atoms with E-state index in [1.54, 1.807) is 4.90 Å². The van der Waals surface area contributed by atoms with Gasteiger partial charge in [-0.2, -0.15) is 0 Å². The third-order valence-electron chi connectivity index (χ3n) is 6.31. The van der Waals surface area contributed by atoms with Crippen molar-refractivity contribution in [1.29, 1.82) is 0 Å². The molecule has 1 unspecified atom stereocenters. The number of rotatable bonds is 3. The van der Waals surface area contributed by atoms with Crippen molar-refractivity contribution in [2.24, 2.45) is 5.92 Å². The van der Waals surface area contributed by atoms with Gasteiger partial charge in [-0.25, -0.2) is 0 Å². The topological polar surface area (TPSA) is 78.5 Å². The average Bonchev–Trinajstić information content (AvgIpc) is 2.98. The Kier molecular flexibility index (Phi) is 4.16. The molecule has 2 aromatic carbocycles. The smallest absolute Gasteiger partial charge is 0.259 e. The Labute approximate surface area is 163 Å². The van der Waals surface area contributed by atoms with Crippen LogP contribution in [0.25, 0.3) is 10.8 Å². The van der Waals surface area contributed by atoms with Crippen LogP contribution in [-0.2, 0) is 16.0 Å². The Morgan fingerprint density at radius 3 is 2.61 bits per heavy atom. The van der Waals surface area contributed by atoms with Crippen molar-refractivity contribution in [2.45, 2.75) is 38.1 Å². The zero-order chi connectivity index (χ0) is 19.3. The lowest BCUT2D eigenvalue weighted by molar-refractivity contribution is -0.134. The Morgan fingerprint density at radius 2 is 1.82 bits per heavy atom. The molecule has 6 nitrogen and oxygen atoms in total. The van der Waals surface area contributed by atoms with Crippen molar-refractivity contribution < 1.29 is 14.4 Å². The van der Waals surface area contributed by atoms with Gasteiger partial charge < -0.3 is 5.32 Å². The Balaban J connectivity index is 1.55. The lowest BCUT2D eigenvalue weighted by Crippen LogP contribution is -2.53. The zero-order valence-electron chi connectivity index (χ0n) is 15.7. The molecule has 0 aromatic heterocycles. The summed E-state index contributed by atoms with van der Waals surface area (Å²) in [5.74, 6) is -0.145. The van der Waals surface area contributed by atoms with Gasteiger partial charge in [-0.15, -0.1) is 0 Å². The van der Waals surface area contributed by atoms with Gasteiger partial charge in [0.1, 0.15) is 6.04 Å². The molecular weight excluding hydrogens is 354 g/mol. The van der Waals surface area contributed by atoms with Gasteiger partial charge in [-0.3, -0.25) is 24.6 Å². The van der Waals surface area contributed by atoms with Crippen LogP contribution in [0.2, 0.25) is 0 Å². The number of imide groups is 1. The summed E-state index contributed by atoms with van der Waals surface area (Å²) < 4.78 is 0. The maximum atomic E-state index is 13.2. The largest absolute Gasteiger partial charge is 0.317 e. The Hall–Kier alpha value is -2.73. The van der Waals surface area contributed by atoms with E-state index >= 15 is 0 Å². The molecule has 3 aliphatic rings. The second kappa shape index (κ2) is 6.71. The van der Waals surface area contributed by atoms with Crippen molar-refractivity contribution in [3.63, 3.8) is 0 Å².